The second-order valence-electron chi connectivity index (χ2n) is 2.44. The zero-order chi connectivity index (χ0) is 8.43. The minimum Gasteiger partial charge on any atom is -0.487 e. The Bertz CT molecular complexity index is 205. The predicted octanol–water partition coefficient (Wildman–Crippen LogP) is 1.24. The van der Waals surface area contributed by atoms with E-state index in [9.17, 15) is 4.79 Å². The van der Waals surface area contributed by atoms with Crippen LogP contribution < -0.4 is 0 Å². The van der Waals surface area contributed by atoms with Gasteiger partial charge in [-0.2, -0.15) is 0 Å². The minimum atomic E-state index is -0.364. The van der Waals surface area contributed by atoms with Gasteiger partial charge in [-0.25, -0.2) is 0 Å². The molecule has 1 aliphatic rings. The van der Waals surface area contributed by atoms with Crippen LogP contribution in [0.4, 0.5) is 0 Å². The van der Waals surface area contributed by atoms with Gasteiger partial charge in [0.2, 0.25) is 11.5 Å². The van der Waals surface area contributed by atoms with Crippen LogP contribution in [0.25, 0.3) is 0 Å². The van der Waals surface area contributed by atoms with Crippen LogP contribution in [-0.2, 0) is 14.3 Å². The maximum absolute atomic E-state index is 11.2. The van der Waals surface area contributed by atoms with Crippen LogP contribution in [0.1, 0.15) is 20.8 Å². The van der Waals surface area contributed by atoms with Crippen molar-refractivity contribution in [3.63, 3.8) is 0 Å². The van der Waals surface area contributed by atoms with Crippen LogP contribution in [0.5, 0.6) is 0 Å². The Morgan fingerprint density at radius 3 is 2.64 bits per heavy atom. The Labute approximate surface area is 66.0 Å². The summed E-state index contributed by atoms with van der Waals surface area (Å²) >= 11 is 0. The summed E-state index contributed by atoms with van der Waals surface area (Å²) in [5.74, 6) is 0.939. The van der Waals surface area contributed by atoms with Crippen LogP contribution in [0.15, 0.2) is 11.5 Å². The molecule has 1 aliphatic heterocycles. The zero-order valence-electron chi connectivity index (χ0n) is 7.01. The second kappa shape index (κ2) is 2.95. The lowest BCUT2D eigenvalue weighted by Gasteiger charge is -2.00. The highest BCUT2D eigenvalue weighted by Crippen LogP contribution is 2.21. The highest BCUT2D eigenvalue weighted by molar-refractivity contribution is 5.99. The van der Waals surface area contributed by atoms with Crippen LogP contribution in [0.2, 0.25) is 0 Å². The van der Waals surface area contributed by atoms with E-state index in [1.807, 2.05) is 6.92 Å². The van der Waals surface area contributed by atoms with Gasteiger partial charge in [0.1, 0.15) is 5.76 Å². The lowest BCUT2D eigenvalue weighted by molar-refractivity contribution is -0.123. The number of carbonyl (C=O) groups is 1. The van der Waals surface area contributed by atoms with E-state index >= 15 is 0 Å². The highest BCUT2D eigenvalue weighted by atomic mass is 16.5. The first kappa shape index (κ1) is 8.11. The molecule has 0 aromatic heterocycles. The van der Waals surface area contributed by atoms with E-state index in [1.54, 1.807) is 13.8 Å². The molecule has 1 rings (SSSR count). The molecule has 0 radical (unpaired) electrons. The van der Waals surface area contributed by atoms with Gasteiger partial charge in [-0.15, -0.1) is 0 Å². The first-order chi connectivity index (χ1) is 5.16. The lowest BCUT2D eigenvalue weighted by atomic mass is 10.2. The number of ether oxygens (including phenoxy) is 2. The molecule has 0 saturated heterocycles. The van der Waals surface area contributed by atoms with Gasteiger partial charge in [-0.05, 0) is 20.8 Å². The van der Waals surface area contributed by atoms with Crippen molar-refractivity contribution in [2.24, 2.45) is 0 Å². The van der Waals surface area contributed by atoms with Crippen LogP contribution in [-0.4, -0.2) is 18.5 Å². The van der Waals surface area contributed by atoms with Gasteiger partial charge in [0.05, 0.1) is 6.61 Å². The molecule has 3 heteroatoms. The number of hydrogen-bond acceptors (Lipinski definition) is 3. The number of Topliss-reactive ketones (excluding diaryl/α,β-unsaturated/α-hetero) is 1. The SMILES string of the molecule is CCOC1=C(C)O[C@@H](C)C1=O. The number of hydrogen-bond donors (Lipinski definition) is 0. The van der Waals surface area contributed by atoms with Crippen LogP contribution >= 0.6 is 0 Å². The molecule has 0 spiro atoms. The average molecular weight is 156 g/mol. The molecule has 0 amide bonds. The molecule has 0 aromatic carbocycles. The van der Waals surface area contributed by atoms with Crippen molar-refractivity contribution in [1.82, 2.24) is 0 Å². The molecule has 0 N–H and O–H groups in total. The molecule has 0 aliphatic carbocycles. The van der Waals surface area contributed by atoms with Crippen molar-refractivity contribution >= 4 is 5.78 Å². The summed E-state index contributed by atoms with van der Waals surface area (Å²) in [6.07, 6.45) is -0.364. The van der Waals surface area contributed by atoms with Gasteiger partial charge in [-0.1, -0.05) is 0 Å². The quantitative estimate of drug-likeness (QED) is 0.603. The third kappa shape index (κ3) is 1.37. The van der Waals surface area contributed by atoms with E-state index in [2.05, 4.69) is 0 Å². The summed E-state index contributed by atoms with van der Waals surface area (Å²) < 4.78 is 10.2. The van der Waals surface area contributed by atoms with E-state index in [0.717, 1.165) is 0 Å². The first-order valence-electron chi connectivity index (χ1n) is 3.71. The number of allylic oxidation sites excluding steroid dienone is 1. The molecular formula is C8H12O3. The summed E-state index contributed by atoms with van der Waals surface area (Å²) in [4.78, 5) is 11.2. The maximum Gasteiger partial charge on any atom is 0.240 e. The number of ketones is 1. The van der Waals surface area contributed by atoms with Crippen molar-refractivity contribution in [2.45, 2.75) is 26.9 Å². The maximum atomic E-state index is 11.2. The van der Waals surface area contributed by atoms with Gasteiger partial charge >= 0.3 is 0 Å². The lowest BCUT2D eigenvalue weighted by Crippen LogP contribution is -2.14. The minimum absolute atomic E-state index is 0.0515. The Hall–Kier alpha value is -0.990. The fourth-order valence-corrected chi connectivity index (χ4v) is 1.05. The fourth-order valence-electron chi connectivity index (χ4n) is 1.05. The summed E-state index contributed by atoms with van der Waals surface area (Å²) in [5, 5.41) is 0. The van der Waals surface area contributed by atoms with Gasteiger partial charge < -0.3 is 9.47 Å². The van der Waals surface area contributed by atoms with Crippen molar-refractivity contribution in [3.05, 3.63) is 11.5 Å². The summed E-state index contributed by atoms with van der Waals surface area (Å²) in [5.41, 5.74) is 0. The highest BCUT2D eigenvalue weighted by Gasteiger charge is 2.30. The average Bonchev–Trinajstić information content (AvgIpc) is 2.17. The number of rotatable bonds is 2. The van der Waals surface area contributed by atoms with E-state index < -0.39 is 0 Å². The normalized spacial score (nSPS) is 23.9. The molecular weight excluding hydrogens is 144 g/mol. The smallest absolute Gasteiger partial charge is 0.240 e. The van der Waals surface area contributed by atoms with Crippen LogP contribution in [0.3, 0.4) is 0 Å². The Balaban J connectivity index is 2.74. The first-order valence-corrected chi connectivity index (χ1v) is 3.71. The van der Waals surface area contributed by atoms with E-state index in [1.165, 1.54) is 0 Å². The molecule has 62 valence electrons. The third-order valence-corrected chi connectivity index (χ3v) is 1.56. The molecule has 0 fully saturated rings. The van der Waals surface area contributed by atoms with Crippen LogP contribution in [0, 0.1) is 0 Å². The van der Waals surface area contributed by atoms with E-state index in [-0.39, 0.29) is 11.9 Å². The molecule has 1 heterocycles. The largest absolute Gasteiger partial charge is 0.487 e. The third-order valence-electron chi connectivity index (χ3n) is 1.56. The van der Waals surface area contributed by atoms with E-state index in [0.29, 0.717) is 18.1 Å². The second-order valence-corrected chi connectivity index (χ2v) is 2.44. The molecule has 3 nitrogen and oxygen atoms in total. The zero-order valence-corrected chi connectivity index (χ0v) is 7.01. The monoisotopic (exact) mass is 156 g/mol. The van der Waals surface area contributed by atoms with Crippen molar-refractivity contribution in [3.8, 4) is 0 Å². The van der Waals surface area contributed by atoms with E-state index in [4.69, 9.17) is 9.47 Å². The van der Waals surface area contributed by atoms with Gasteiger partial charge in [0.25, 0.3) is 0 Å². The molecule has 0 saturated carbocycles. The Morgan fingerprint density at radius 2 is 2.27 bits per heavy atom. The predicted molar refractivity (Wildman–Crippen MR) is 39.9 cm³/mol. The molecule has 11 heavy (non-hydrogen) atoms. The van der Waals surface area contributed by atoms with Gasteiger partial charge in [0, 0.05) is 0 Å². The fraction of sp³-hybridized carbons (Fsp3) is 0.625. The molecule has 1 atom stereocenters. The van der Waals surface area contributed by atoms with Crippen molar-refractivity contribution in [1.29, 1.82) is 0 Å². The van der Waals surface area contributed by atoms with Crippen molar-refractivity contribution < 1.29 is 14.3 Å². The number of carbonyl (C=O) groups excluding carboxylic acids is 1. The molecule has 0 aromatic rings. The molecule has 0 bridgehead atoms. The topological polar surface area (TPSA) is 35.5 Å². The summed E-state index contributed by atoms with van der Waals surface area (Å²) in [6, 6.07) is 0. The molecule has 0 unspecified atom stereocenters. The Kier molecular flexibility index (Phi) is 2.17. The van der Waals surface area contributed by atoms with Gasteiger partial charge in [0.15, 0.2) is 6.10 Å². The van der Waals surface area contributed by atoms with Crippen molar-refractivity contribution in [2.75, 3.05) is 6.61 Å². The standard InChI is InChI=1S/C8H12O3/c1-4-10-8-6(3)11-5(2)7(8)9/h5H,4H2,1-3H3/t5-/m0/s1. The Morgan fingerprint density at radius 1 is 1.64 bits per heavy atom. The van der Waals surface area contributed by atoms with Gasteiger partial charge in [-0.3, -0.25) is 4.79 Å². The summed E-state index contributed by atoms with van der Waals surface area (Å²) in [7, 11) is 0. The summed E-state index contributed by atoms with van der Waals surface area (Å²) in [6.45, 7) is 5.81.